The second-order valence-corrected chi connectivity index (χ2v) is 9.32. The van der Waals surface area contributed by atoms with Crippen LogP contribution in [0.2, 0.25) is 0 Å². The van der Waals surface area contributed by atoms with Crippen LogP contribution < -0.4 is 15.8 Å². The molecule has 1 aromatic heterocycles. The molecule has 5 rings (SSSR count). The molecule has 3 aromatic rings. The molecule has 0 bridgehead atoms. The largest absolute Gasteiger partial charge is 0.476 e. The summed E-state index contributed by atoms with van der Waals surface area (Å²) in [7, 11) is 0. The van der Waals surface area contributed by atoms with E-state index in [-0.39, 0.29) is 0 Å². The number of nitrogens with two attached hydrogens (primary N) is 1. The number of benzene rings is 2. The first kappa shape index (κ1) is 23.0. The van der Waals surface area contributed by atoms with Crippen molar-refractivity contribution in [1.29, 1.82) is 0 Å². The molecule has 0 saturated carbocycles. The molecule has 2 aliphatic heterocycles. The molecule has 0 unspecified atom stereocenters. The molecular formula is C28H34N4O2. The Morgan fingerprint density at radius 1 is 0.882 bits per heavy atom. The van der Waals surface area contributed by atoms with E-state index in [9.17, 15) is 0 Å². The van der Waals surface area contributed by atoms with Gasteiger partial charge in [0.25, 0.3) is 0 Å². The maximum absolute atomic E-state index is 6.12. The van der Waals surface area contributed by atoms with Gasteiger partial charge in [-0.1, -0.05) is 48.5 Å². The number of rotatable bonds is 7. The first-order valence-corrected chi connectivity index (χ1v) is 12.5. The summed E-state index contributed by atoms with van der Waals surface area (Å²) in [5, 5.41) is 3.41. The molecule has 6 nitrogen and oxygen atoms in total. The number of ether oxygens (including phenoxy) is 2. The molecule has 2 aromatic carbocycles. The van der Waals surface area contributed by atoms with Crippen LogP contribution in [0.1, 0.15) is 42.7 Å². The van der Waals surface area contributed by atoms with Crippen LogP contribution in [0.5, 0.6) is 5.88 Å². The summed E-state index contributed by atoms with van der Waals surface area (Å²) in [5.41, 5.74) is 12.0. The van der Waals surface area contributed by atoms with E-state index in [4.69, 9.17) is 25.2 Å². The Bertz CT molecular complexity index is 1060. The predicted molar refractivity (Wildman–Crippen MR) is 135 cm³/mol. The van der Waals surface area contributed by atoms with Gasteiger partial charge < -0.3 is 20.5 Å². The zero-order valence-corrected chi connectivity index (χ0v) is 19.7. The highest BCUT2D eigenvalue weighted by Crippen LogP contribution is 2.33. The maximum Gasteiger partial charge on any atom is 0.232 e. The van der Waals surface area contributed by atoms with Gasteiger partial charge in [-0.05, 0) is 61.7 Å². The molecular weight excluding hydrogens is 424 g/mol. The minimum Gasteiger partial charge on any atom is -0.476 e. The third kappa shape index (κ3) is 5.46. The lowest BCUT2D eigenvalue weighted by Crippen LogP contribution is -2.30. The molecule has 2 saturated heterocycles. The number of aromatic nitrogens is 2. The highest BCUT2D eigenvalue weighted by atomic mass is 16.5. The minimum absolute atomic E-state index is 0.524. The van der Waals surface area contributed by atoms with Crippen LogP contribution in [0.3, 0.4) is 0 Å². The van der Waals surface area contributed by atoms with Crippen molar-refractivity contribution in [3.63, 3.8) is 0 Å². The predicted octanol–water partition coefficient (Wildman–Crippen LogP) is 4.54. The summed E-state index contributed by atoms with van der Waals surface area (Å²) in [5.74, 6) is 1.72. The first-order chi connectivity index (χ1) is 16.8. The number of nitrogens with one attached hydrogen (secondary N) is 1. The van der Waals surface area contributed by atoms with Gasteiger partial charge in [-0.25, -0.2) is 9.97 Å². The lowest BCUT2D eigenvalue weighted by atomic mass is 9.90. The van der Waals surface area contributed by atoms with Crippen LogP contribution in [0.25, 0.3) is 22.5 Å². The van der Waals surface area contributed by atoms with E-state index in [0.29, 0.717) is 30.9 Å². The summed E-state index contributed by atoms with van der Waals surface area (Å²) in [6.07, 6.45) is 6.20. The molecule has 3 N–H and O–H groups in total. The van der Waals surface area contributed by atoms with Crippen molar-refractivity contribution in [2.75, 3.05) is 32.9 Å². The average Bonchev–Trinajstić information content (AvgIpc) is 2.93. The Hall–Kier alpha value is -2.80. The summed E-state index contributed by atoms with van der Waals surface area (Å²) in [4.78, 5) is 9.75. The van der Waals surface area contributed by atoms with E-state index < -0.39 is 0 Å². The molecule has 0 radical (unpaired) electrons. The Balaban J connectivity index is 1.43. The number of nitrogens with zero attached hydrogens (tertiary/aromatic N) is 2. The van der Waals surface area contributed by atoms with Gasteiger partial charge >= 0.3 is 0 Å². The van der Waals surface area contributed by atoms with Crippen molar-refractivity contribution in [3.8, 4) is 28.4 Å². The van der Waals surface area contributed by atoms with Crippen molar-refractivity contribution >= 4 is 0 Å². The van der Waals surface area contributed by atoms with Crippen LogP contribution in [0.4, 0.5) is 0 Å². The molecule has 2 aliphatic rings. The van der Waals surface area contributed by atoms with Gasteiger partial charge in [0.1, 0.15) is 5.69 Å². The third-order valence-corrected chi connectivity index (χ3v) is 7.02. The molecule has 0 atom stereocenters. The lowest BCUT2D eigenvalue weighted by molar-refractivity contribution is 0.0853. The number of hydrogen-bond donors (Lipinski definition) is 2. The monoisotopic (exact) mass is 458 g/mol. The SMILES string of the molecule is NCc1ccc(-c2ncc(OCC3CCNCC3)nc2-c2ccc(C3CCOCC3)cc2)cc1. The quantitative estimate of drug-likeness (QED) is 0.541. The topological polar surface area (TPSA) is 82.3 Å². The van der Waals surface area contributed by atoms with Crippen molar-refractivity contribution in [2.24, 2.45) is 11.7 Å². The van der Waals surface area contributed by atoms with Gasteiger partial charge in [0.05, 0.1) is 18.5 Å². The maximum atomic E-state index is 6.12. The number of hydrogen-bond acceptors (Lipinski definition) is 6. The van der Waals surface area contributed by atoms with Gasteiger partial charge in [-0.15, -0.1) is 0 Å². The minimum atomic E-state index is 0.524. The van der Waals surface area contributed by atoms with Crippen LogP contribution in [-0.2, 0) is 11.3 Å². The van der Waals surface area contributed by atoms with E-state index in [0.717, 1.165) is 80.1 Å². The van der Waals surface area contributed by atoms with Crippen molar-refractivity contribution in [1.82, 2.24) is 15.3 Å². The van der Waals surface area contributed by atoms with Crippen molar-refractivity contribution in [2.45, 2.75) is 38.1 Å². The second-order valence-electron chi connectivity index (χ2n) is 9.32. The average molecular weight is 459 g/mol. The van der Waals surface area contributed by atoms with E-state index >= 15 is 0 Å². The molecule has 34 heavy (non-hydrogen) atoms. The third-order valence-electron chi connectivity index (χ3n) is 7.02. The molecule has 0 amide bonds. The normalized spacial score (nSPS) is 17.6. The van der Waals surface area contributed by atoms with Crippen LogP contribution in [-0.4, -0.2) is 42.9 Å². The fourth-order valence-electron chi connectivity index (χ4n) is 4.85. The Morgan fingerprint density at radius 3 is 2.26 bits per heavy atom. The summed E-state index contributed by atoms with van der Waals surface area (Å²) in [6.45, 7) is 5.01. The summed E-state index contributed by atoms with van der Waals surface area (Å²) < 4.78 is 11.7. The standard InChI is InChI=1S/C28H34N4O2/c29-17-20-1-3-24(4-2-20)27-28(25-7-5-22(6-8-25)23-11-15-33-16-12-23)32-26(18-31-27)34-19-21-9-13-30-14-10-21/h1-8,18,21,23,30H,9-17,19,29H2. The number of piperidine rings is 1. The molecule has 178 valence electrons. The highest BCUT2D eigenvalue weighted by Gasteiger charge is 2.19. The lowest BCUT2D eigenvalue weighted by Gasteiger charge is -2.23. The molecule has 0 aliphatic carbocycles. The van der Waals surface area contributed by atoms with Gasteiger partial charge in [0.2, 0.25) is 5.88 Å². The Kier molecular flexibility index (Phi) is 7.49. The Morgan fingerprint density at radius 2 is 1.56 bits per heavy atom. The fourth-order valence-corrected chi connectivity index (χ4v) is 4.85. The highest BCUT2D eigenvalue weighted by molar-refractivity contribution is 5.78. The molecule has 6 heteroatoms. The van der Waals surface area contributed by atoms with E-state index in [1.165, 1.54) is 5.56 Å². The van der Waals surface area contributed by atoms with Gasteiger partial charge in [-0.2, -0.15) is 0 Å². The zero-order chi connectivity index (χ0) is 23.2. The smallest absolute Gasteiger partial charge is 0.232 e. The van der Waals surface area contributed by atoms with Crippen LogP contribution in [0.15, 0.2) is 54.7 Å². The summed E-state index contributed by atoms with van der Waals surface area (Å²) in [6, 6.07) is 17.1. The second kappa shape index (κ2) is 11.1. The molecule has 3 heterocycles. The summed E-state index contributed by atoms with van der Waals surface area (Å²) >= 11 is 0. The van der Waals surface area contributed by atoms with Gasteiger partial charge in [0, 0.05) is 30.9 Å². The van der Waals surface area contributed by atoms with E-state index in [1.807, 2.05) is 0 Å². The van der Waals surface area contributed by atoms with Gasteiger partial charge in [-0.3, -0.25) is 0 Å². The Labute approximate surface area is 201 Å². The van der Waals surface area contributed by atoms with Crippen LogP contribution >= 0.6 is 0 Å². The van der Waals surface area contributed by atoms with Crippen molar-refractivity contribution < 1.29 is 9.47 Å². The fraction of sp³-hybridized carbons (Fsp3) is 0.429. The molecule has 0 spiro atoms. The van der Waals surface area contributed by atoms with E-state index in [2.05, 4.69) is 53.8 Å². The van der Waals surface area contributed by atoms with Crippen LogP contribution in [0, 0.1) is 5.92 Å². The van der Waals surface area contributed by atoms with E-state index in [1.54, 1.807) is 6.20 Å². The zero-order valence-electron chi connectivity index (χ0n) is 19.7. The molecule has 2 fully saturated rings. The van der Waals surface area contributed by atoms with Gasteiger partial charge in [0.15, 0.2) is 0 Å². The van der Waals surface area contributed by atoms with Crippen molar-refractivity contribution in [3.05, 3.63) is 65.9 Å². The first-order valence-electron chi connectivity index (χ1n) is 12.5.